The predicted molar refractivity (Wildman–Crippen MR) is 82.6 cm³/mol. The molecule has 1 aromatic carbocycles. The van der Waals surface area contributed by atoms with Crippen LogP contribution >= 0.6 is 0 Å². The molecule has 0 saturated carbocycles. The van der Waals surface area contributed by atoms with Crippen LogP contribution in [-0.2, 0) is 12.8 Å². The molecule has 1 aliphatic rings. The zero-order valence-corrected chi connectivity index (χ0v) is 12.3. The fourth-order valence-electron chi connectivity index (χ4n) is 3.30. The third-order valence-corrected chi connectivity index (χ3v) is 4.31. The van der Waals surface area contributed by atoms with Crippen LogP contribution in [0.3, 0.4) is 0 Å². The smallest absolute Gasteiger partial charge is 0.146 e. The van der Waals surface area contributed by atoms with E-state index in [2.05, 4.69) is 41.5 Å². The van der Waals surface area contributed by atoms with Gasteiger partial charge in [-0.1, -0.05) is 31.2 Å². The molecule has 0 radical (unpaired) electrons. The third kappa shape index (κ3) is 2.98. The van der Waals surface area contributed by atoms with E-state index in [1.165, 1.54) is 17.3 Å². The molecule has 1 atom stereocenters. The number of halogens is 1. The van der Waals surface area contributed by atoms with Crippen molar-refractivity contribution in [3.8, 4) is 0 Å². The minimum absolute atomic E-state index is 0.0559. The number of rotatable bonds is 5. The van der Waals surface area contributed by atoms with Gasteiger partial charge in [0.1, 0.15) is 5.82 Å². The maximum atomic E-state index is 14.1. The summed E-state index contributed by atoms with van der Waals surface area (Å²) >= 11 is 0. The van der Waals surface area contributed by atoms with Crippen LogP contribution in [0.15, 0.2) is 42.7 Å². The average molecular weight is 284 g/mol. The second-order valence-corrected chi connectivity index (χ2v) is 5.77. The minimum Gasteiger partial charge on any atom is -0.310 e. The second kappa shape index (κ2) is 6.35. The summed E-state index contributed by atoms with van der Waals surface area (Å²) in [7, 11) is 0. The van der Waals surface area contributed by atoms with E-state index in [1.807, 2.05) is 6.07 Å². The Morgan fingerprint density at radius 1 is 1.24 bits per heavy atom. The van der Waals surface area contributed by atoms with E-state index in [4.69, 9.17) is 0 Å². The van der Waals surface area contributed by atoms with Gasteiger partial charge in [-0.2, -0.15) is 0 Å². The molecule has 2 nitrogen and oxygen atoms in total. The van der Waals surface area contributed by atoms with Crippen LogP contribution < -0.4 is 5.32 Å². The zero-order chi connectivity index (χ0) is 14.7. The largest absolute Gasteiger partial charge is 0.310 e. The Morgan fingerprint density at radius 3 is 2.57 bits per heavy atom. The van der Waals surface area contributed by atoms with Crippen LogP contribution in [0.2, 0.25) is 0 Å². The molecule has 110 valence electrons. The lowest BCUT2D eigenvalue weighted by atomic mass is 9.90. The first-order valence-electron chi connectivity index (χ1n) is 7.69. The van der Waals surface area contributed by atoms with Crippen molar-refractivity contribution < 1.29 is 4.39 Å². The van der Waals surface area contributed by atoms with Gasteiger partial charge in [0.25, 0.3) is 0 Å². The van der Waals surface area contributed by atoms with E-state index < -0.39 is 0 Å². The standard InChI is InChI=1S/C18H21FN2/c1-2-8-21-18(16-7-9-20-12-17(16)19)15-10-13-5-3-4-6-14(13)11-15/h3-7,9,12,15,18,21H,2,8,10-11H2,1H3. The van der Waals surface area contributed by atoms with Gasteiger partial charge in [-0.05, 0) is 48.9 Å². The summed E-state index contributed by atoms with van der Waals surface area (Å²) in [4.78, 5) is 3.87. The Bertz CT molecular complexity index is 587. The lowest BCUT2D eigenvalue weighted by molar-refractivity contribution is 0.362. The summed E-state index contributed by atoms with van der Waals surface area (Å²) in [5.41, 5.74) is 3.55. The first-order chi connectivity index (χ1) is 10.3. The van der Waals surface area contributed by atoms with Crippen molar-refractivity contribution in [1.82, 2.24) is 10.3 Å². The third-order valence-electron chi connectivity index (χ3n) is 4.31. The maximum absolute atomic E-state index is 14.1. The summed E-state index contributed by atoms with van der Waals surface area (Å²) in [6.45, 7) is 3.04. The minimum atomic E-state index is -0.206. The van der Waals surface area contributed by atoms with Crippen LogP contribution in [0, 0.1) is 11.7 Å². The highest BCUT2D eigenvalue weighted by atomic mass is 19.1. The second-order valence-electron chi connectivity index (χ2n) is 5.77. The van der Waals surface area contributed by atoms with Crippen LogP contribution in [0.25, 0.3) is 0 Å². The molecule has 0 amide bonds. The summed E-state index contributed by atoms with van der Waals surface area (Å²) < 4.78 is 14.1. The normalized spacial score (nSPS) is 15.9. The van der Waals surface area contributed by atoms with Crippen LogP contribution in [0.1, 0.15) is 36.1 Å². The number of pyridine rings is 1. The number of hydrogen-bond acceptors (Lipinski definition) is 2. The Hall–Kier alpha value is -1.74. The molecule has 1 heterocycles. The molecule has 2 aromatic rings. The quantitative estimate of drug-likeness (QED) is 0.906. The highest BCUT2D eigenvalue weighted by Gasteiger charge is 2.30. The van der Waals surface area contributed by atoms with Crippen LogP contribution in [0.4, 0.5) is 4.39 Å². The van der Waals surface area contributed by atoms with Crippen molar-refractivity contribution in [2.75, 3.05) is 6.54 Å². The van der Waals surface area contributed by atoms with Crippen molar-refractivity contribution in [3.63, 3.8) is 0 Å². The fourth-order valence-corrected chi connectivity index (χ4v) is 3.30. The Morgan fingerprint density at radius 2 is 1.95 bits per heavy atom. The Kier molecular flexibility index (Phi) is 4.30. The summed E-state index contributed by atoms with van der Waals surface area (Å²) in [5.74, 6) is 0.202. The lowest BCUT2D eigenvalue weighted by Crippen LogP contribution is -2.30. The summed E-state index contributed by atoms with van der Waals surface area (Å²) in [6, 6.07) is 10.4. The molecule has 0 aliphatic heterocycles. The molecular formula is C18H21FN2. The van der Waals surface area contributed by atoms with Crippen molar-refractivity contribution in [1.29, 1.82) is 0 Å². The first kappa shape index (κ1) is 14.2. The van der Waals surface area contributed by atoms with E-state index in [0.29, 0.717) is 5.92 Å². The van der Waals surface area contributed by atoms with E-state index >= 15 is 0 Å². The Balaban J connectivity index is 1.86. The van der Waals surface area contributed by atoms with Gasteiger partial charge in [0.2, 0.25) is 0 Å². The van der Waals surface area contributed by atoms with Gasteiger partial charge in [-0.3, -0.25) is 4.98 Å². The van der Waals surface area contributed by atoms with E-state index in [9.17, 15) is 4.39 Å². The number of nitrogens with one attached hydrogen (secondary N) is 1. The highest BCUT2D eigenvalue weighted by molar-refractivity contribution is 5.34. The number of nitrogens with zero attached hydrogens (tertiary/aromatic N) is 1. The molecular weight excluding hydrogens is 263 g/mol. The monoisotopic (exact) mass is 284 g/mol. The van der Waals surface area contributed by atoms with Gasteiger partial charge >= 0.3 is 0 Å². The molecule has 0 fully saturated rings. The van der Waals surface area contributed by atoms with Crippen molar-refractivity contribution in [3.05, 3.63) is 65.2 Å². The molecule has 0 bridgehead atoms. The van der Waals surface area contributed by atoms with Gasteiger partial charge < -0.3 is 5.32 Å². The average Bonchev–Trinajstić information content (AvgIpc) is 2.93. The predicted octanol–water partition coefficient (Wildman–Crippen LogP) is 3.68. The highest BCUT2D eigenvalue weighted by Crippen LogP contribution is 2.35. The molecule has 0 spiro atoms. The lowest BCUT2D eigenvalue weighted by Gasteiger charge is -2.25. The number of fused-ring (bicyclic) bond motifs is 1. The molecule has 1 aromatic heterocycles. The Labute approximate surface area is 125 Å². The van der Waals surface area contributed by atoms with Gasteiger partial charge in [0.15, 0.2) is 0 Å². The molecule has 1 aliphatic carbocycles. The molecule has 3 heteroatoms. The van der Waals surface area contributed by atoms with E-state index in [-0.39, 0.29) is 11.9 Å². The maximum Gasteiger partial charge on any atom is 0.146 e. The molecule has 21 heavy (non-hydrogen) atoms. The van der Waals surface area contributed by atoms with Crippen molar-refractivity contribution in [2.45, 2.75) is 32.2 Å². The number of aromatic nitrogens is 1. The topological polar surface area (TPSA) is 24.9 Å². The summed E-state index contributed by atoms with van der Waals surface area (Å²) in [6.07, 6.45) is 6.07. The number of benzene rings is 1. The van der Waals surface area contributed by atoms with Gasteiger partial charge in [-0.25, -0.2) is 4.39 Å². The SMILES string of the molecule is CCCNC(c1ccncc1F)C1Cc2ccccc2C1. The van der Waals surface area contributed by atoms with Crippen molar-refractivity contribution in [2.24, 2.45) is 5.92 Å². The summed E-state index contributed by atoms with van der Waals surface area (Å²) in [5, 5.41) is 3.54. The zero-order valence-electron chi connectivity index (χ0n) is 12.3. The van der Waals surface area contributed by atoms with Gasteiger partial charge in [-0.15, -0.1) is 0 Å². The van der Waals surface area contributed by atoms with Crippen LogP contribution in [0.5, 0.6) is 0 Å². The fraction of sp³-hybridized carbons (Fsp3) is 0.389. The van der Waals surface area contributed by atoms with Gasteiger partial charge in [0.05, 0.1) is 6.20 Å². The van der Waals surface area contributed by atoms with Crippen LogP contribution in [-0.4, -0.2) is 11.5 Å². The number of hydrogen-bond donors (Lipinski definition) is 1. The van der Waals surface area contributed by atoms with E-state index in [1.54, 1.807) is 6.20 Å². The van der Waals surface area contributed by atoms with E-state index in [0.717, 1.165) is 31.4 Å². The molecule has 3 rings (SSSR count). The molecule has 1 unspecified atom stereocenters. The molecule has 1 N–H and O–H groups in total. The first-order valence-corrected chi connectivity index (χ1v) is 7.69. The van der Waals surface area contributed by atoms with Crippen molar-refractivity contribution >= 4 is 0 Å². The molecule has 0 saturated heterocycles. The van der Waals surface area contributed by atoms with Gasteiger partial charge in [0, 0.05) is 17.8 Å².